The summed E-state index contributed by atoms with van der Waals surface area (Å²) < 4.78 is 402. The number of alkyl halides is 24. The highest BCUT2D eigenvalue weighted by molar-refractivity contribution is 5.82. The second-order valence-corrected chi connectivity index (χ2v) is 17.0. The summed E-state index contributed by atoms with van der Waals surface area (Å²) in [6, 6.07) is 0. The number of esters is 5. The van der Waals surface area contributed by atoms with Crippen LogP contribution in [0, 0.1) is 5.41 Å². The van der Waals surface area contributed by atoms with Crippen LogP contribution in [0.1, 0.15) is 13.3 Å². The van der Waals surface area contributed by atoms with Gasteiger partial charge in [-0.1, -0.05) is 39.8 Å². The first-order valence-electron chi connectivity index (χ1n) is 22.3. The summed E-state index contributed by atoms with van der Waals surface area (Å²) in [5, 5.41) is 0. The predicted molar refractivity (Wildman–Crippen MR) is 228 cm³/mol. The fourth-order valence-corrected chi connectivity index (χ4v) is 4.72. The quantitative estimate of drug-likeness (QED) is 0.0241. The van der Waals surface area contributed by atoms with E-state index in [9.17, 15) is 112 Å². The molecule has 0 saturated heterocycles. The van der Waals surface area contributed by atoms with Gasteiger partial charge in [0.15, 0.2) is 33.0 Å². The van der Waals surface area contributed by atoms with Gasteiger partial charge < -0.3 is 52.1 Å². The van der Waals surface area contributed by atoms with Gasteiger partial charge in [-0.3, -0.25) is 9.47 Å². The first kappa shape index (κ1) is 80.0. The molecule has 0 N–H and O–H groups in total. The predicted octanol–water partition coefficient (Wildman–Crippen LogP) is 9.23. The molecule has 498 valence electrons. The Morgan fingerprint density at radius 3 is 0.814 bits per heavy atom. The Balaban J connectivity index is 7.65. The molecule has 86 heavy (non-hydrogen) atoms. The molecular weight excluding hydrogens is 1270 g/mol. The number of carbonyl (C=O) groups excluding carboxylic acids is 5. The van der Waals surface area contributed by atoms with Crippen LogP contribution in [0.15, 0.2) is 63.3 Å². The fraction of sp³-hybridized carbons (Fsp3) is 0.659. The van der Waals surface area contributed by atoms with Gasteiger partial charge in [0.1, 0.15) is 26.4 Å². The average molecular weight is 1320 g/mol. The zero-order valence-electron chi connectivity index (χ0n) is 43.2. The number of hydrogen-bond acceptors (Lipinski definition) is 18. The Labute approximate surface area is 466 Å². The monoisotopic (exact) mass is 1320 g/mol. The summed E-state index contributed by atoms with van der Waals surface area (Å²) in [4.78, 5) is 55.9. The van der Waals surface area contributed by atoms with E-state index in [2.05, 4.69) is 94.5 Å². The third kappa shape index (κ3) is 25.0. The first-order chi connectivity index (χ1) is 38.7. The van der Waals surface area contributed by atoms with Crippen molar-refractivity contribution in [1.82, 2.24) is 0 Å². The van der Waals surface area contributed by atoms with Gasteiger partial charge in [0.2, 0.25) is 0 Å². The van der Waals surface area contributed by atoms with Gasteiger partial charge in [-0.05, 0) is 0 Å². The van der Waals surface area contributed by atoms with E-state index in [0.29, 0.717) is 0 Å². The maximum Gasteiger partial charge on any atom is 0.425 e. The molecule has 42 heteroatoms. The van der Waals surface area contributed by atoms with E-state index >= 15 is 17.6 Å². The molecule has 0 rings (SSSR count). The fourth-order valence-electron chi connectivity index (χ4n) is 4.72. The molecule has 0 fully saturated rings. The Kier molecular flexibility index (Phi) is 28.7. The maximum absolute atomic E-state index is 16.3. The SMILES string of the molecule is C=CC(=O)OCC(F)(F)C(F)(F)OCCC(F)(F)OCC(C)(COCC(F)(COC(F)(F)C(F)(F)COC(=O)C=C)OC(F)(F)C(F)(F)COC(=O)C=C)COCC(F)(COC(F)(F)C(F)(F)COC(=O)C=C)OC(F)(F)C(F)(F)COC(=O)C=C. The largest absolute Gasteiger partial charge is 0.456 e. The van der Waals surface area contributed by atoms with Gasteiger partial charge in [-0.25, -0.2) is 32.8 Å². The topological polar surface area (TPSA) is 205 Å². The van der Waals surface area contributed by atoms with Crippen molar-refractivity contribution >= 4 is 29.8 Å². The van der Waals surface area contributed by atoms with Crippen LogP contribution in [0.4, 0.5) is 105 Å². The number of ether oxygens (including phenoxy) is 13. The number of halogens is 24. The minimum Gasteiger partial charge on any atom is -0.456 e. The average Bonchev–Trinajstić information content (AvgIpc) is 3.46. The van der Waals surface area contributed by atoms with Crippen molar-refractivity contribution < 1.29 is 191 Å². The van der Waals surface area contributed by atoms with E-state index in [0.717, 1.165) is 0 Å². The van der Waals surface area contributed by atoms with Crippen molar-refractivity contribution in [3.05, 3.63) is 63.3 Å². The van der Waals surface area contributed by atoms with E-state index in [1.54, 1.807) is 0 Å². The number of hydrogen-bond donors (Lipinski definition) is 0. The Morgan fingerprint density at radius 1 is 0.314 bits per heavy atom. The maximum atomic E-state index is 16.3. The second kappa shape index (κ2) is 30.8. The van der Waals surface area contributed by atoms with E-state index < -0.39 is 206 Å². The number of rotatable bonds is 45. The van der Waals surface area contributed by atoms with Crippen LogP contribution < -0.4 is 0 Å². The first-order valence-corrected chi connectivity index (χ1v) is 22.3. The lowest BCUT2D eigenvalue weighted by atomic mass is 9.94. The smallest absolute Gasteiger partial charge is 0.425 e. The highest BCUT2D eigenvalue weighted by Crippen LogP contribution is 2.45. The molecule has 0 aromatic rings. The lowest BCUT2D eigenvalue weighted by molar-refractivity contribution is -0.433. The van der Waals surface area contributed by atoms with Gasteiger partial charge in [-0.15, -0.1) is 0 Å². The van der Waals surface area contributed by atoms with Crippen LogP contribution >= 0.6 is 0 Å². The Morgan fingerprint density at radius 2 is 0.558 bits per heavy atom. The van der Waals surface area contributed by atoms with Gasteiger partial charge in [0.05, 0.1) is 32.8 Å². The standard InChI is InChI=1S/C44H46F24O18/c1-7-26(69)76-21-34(47,48)40(59,60)81-13-12-39(57,58)82-16-31(6,14-74-17-32(45,85-43(65,66)37(53,54)24-79-29(72)10-4)19-83-41(61,62)35(49,50)22-77-27(70)8-2)15-75-18-33(46,86-44(67,68)38(55,56)25-80-30(73)11-5)20-84-42(63,64)36(51,52)23-78-28(71)9-3/h7-11H,1-5,12-25H2,6H3. The van der Waals surface area contributed by atoms with Crippen LogP contribution in [0.2, 0.25) is 0 Å². The van der Waals surface area contributed by atoms with Gasteiger partial charge in [-0.2, -0.15) is 96.6 Å². The molecule has 0 heterocycles. The van der Waals surface area contributed by atoms with Crippen LogP contribution in [0.5, 0.6) is 0 Å². The molecule has 0 bridgehead atoms. The number of carbonyl (C=O) groups is 5. The van der Waals surface area contributed by atoms with E-state index in [1.165, 1.54) is 0 Å². The molecule has 0 aromatic carbocycles. The van der Waals surface area contributed by atoms with Crippen molar-refractivity contribution in [2.75, 3.05) is 85.9 Å². The minimum absolute atomic E-state index is 0.0657. The summed E-state index contributed by atoms with van der Waals surface area (Å²) >= 11 is 0. The summed E-state index contributed by atoms with van der Waals surface area (Å²) in [5.41, 5.74) is -3.16. The second-order valence-electron chi connectivity index (χ2n) is 17.0. The summed E-state index contributed by atoms with van der Waals surface area (Å²) in [7, 11) is 0. The Hall–Kier alpha value is -5.95. The zero-order chi connectivity index (χ0) is 67.5. The van der Waals surface area contributed by atoms with Crippen LogP contribution in [-0.2, 0) is 85.6 Å². The van der Waals surface area contributed by atoms with Crippen LogP contribution in [0.25, 0.3) is 0 Å². The molecule has 0 radical (unpaired) electrons. The van der Waals surface area contributed by atoms with E-state index in [-0.39, 0.29) is 37.3 Å². The molecule has 18 nitrogen and oxygen atoms in total. The highest BCUT2D eigenvalue weighted by Gasteiger charge is 2.67. The lowest BCUT2D eigenvalue weighted by Crippen LogP contribution is -2.56. The van der Waals surface area contributed by atoms with Crippen molar-refractivity contribution in [1.29, 1.82) is 0 Å². The van der Waals surface area contributed by atoms with Gasteiger partial charge >= 0.3 is 96.1 Å². The van der Waals surface area contributed by atoms with Crippen LogP contribution in [0.3, 0.4) is 0 Å². The van der Waals surface area contributed by atoms with Gasteiger partial charge in [0.25, 0.3) is 11.7 Å². The van der Waals surface area contributed by atoms with Crippen molar-refractivity contribution in [3.8, 4) is 0 Å². The van der Waals surface area contributed by atoms with E-state index in [1.807, 2.05) is 0 Å². The normalized spacial score (nSPS) is 15.6. The molecule has 2 atom stereocenters. The molecule has 0 amide bonds. The van der Waals surface area contributed by atoms with Crippen molar-refractivity contribution in [3.63, 3.8) is 0 Å². The van der Waals surface area contributed by atoms with Crippen molar-refractivity contribution in [2.24, 2.45) is 5.41 Å². The molecule has 0 spiro atoms. The molecule has 0 saturated carbocycles. The van der Waals surface area contributed by atoms with E-state index in [4.69, 9.17) is 0 Å². The molecule has 0 aliphatic heterocycles. The lowest BCUT2D eigenvalue weighted by Gasteiger charge is -2.37. The van der Waals surface area contributed by atoms with Crippen LogP contribution in [-0.4, -0.2) is 194 Å². The molecule has 2 unspecified atom stereocenters. The van der Waals surface area contributed by atoms with Crippen molar-refractivity contribution in [2.45, 2.75) is 91.3 Å². The summed E-state index contributed by atoms with van der Waals surface area (Å²) in [6.07, 6.45) is -38.4. The third-order valence-corrected chi connectivity index (χ3v) is 9.35. The molecular formula is C44H46F24O18. The Bertz CT molecular complexity index is 2210. The molecule has 0 aliphatic carbocycles. The summed E-state index contributed by atoms with van der Waals surface area (Å²) in [5.74, 6) is -49.3. The zero-order valence-corrected chi connectivity index (χ0v) is 43.2. The minimum atomic E-state index is -6.56. The van der Waals surface area contributed by atoms with Gasteiger partial charge in [0, 0.05) is 35.8 Å². The third-order valence-electron chi connectivity index (χ3n) is 9.35. The molecule has 0 aromatic heterocycles. The summed E-state index contributed by atoms with van der Waals surface area (Å²) in [6.45, 7) is -20.4. The molecule has 0 aliphatic rings. The highest BCUT2D eigenvalue weighted by atomic mass is 19.4.